The number of ether oxygens (including phenoxy) is 1. The minimum atomic E-state index is 0.716. The smallest absolute Gasteiger partial charge is 0.0587 e. The predicted octanol–water partition coefficient (Wildman–Crippen LogP) is 3.92. The summed E-state index contributed by atoms with van der Waals surface area (Å²) in [5, 5.41) is 4.39. The van der Waals surface area contributed by atoms with Crippen LogP contribution in [0.5, 0.6) is 0 Å². The molecule has 1 saturated carbocycles. The van der Waals surface area contributed by atoms with E-state index in [9.17, 15) is 0 Å². The molecule has 1 atom stereocenters. The first-order valence-corrected chi connectivity index (χ1v) is 8.11. The van der Waals surface area contributed by atoms with Crippen molar-refractivity contribution in [3.8, 4) is 0 Å². The third kappa shape index (κ3) is 5.08. The minimum absolute atomic E-state index is 0.716. The van der Waals surface area contributed by atoms with Crippen molar-refractivity contribution in [2.75, 3.05) is 26.8 Å². The Hall–Kier alpha value is -0.570. The van der Waals surface area contributed by atoms with Crippen LogP contribution in [0.1, 0.15) is 31.2 Å². The van der Waals surface area contributed by atoms with Gasteiger partial charge in [-0.05, 0) is 42.5 Å². The molecule has 1 N–H and O–H groups in total. The summed E-state index contributed by atoms with van der Waals surface area (Å²) < 4.78 is 5.10. The molecule has 1 fully saturated rings. The number of methoxy groups -OCH3 is 1. The number of rotatable bonds is 8. The molecule has 0 amide bonds. The quantitative estimate of drug-likeness (QED) is 0.734. The van der Waals surface area contributed by atoms with Crippen LogP contribution in [0.3, 0.4) is 0 Å². The van der Waals surface area contributed by atoms with Gasteiger partial charge >= 0.3 is 0 Å². The molecule has 1 aliphatic rings. The van der Waals surface area contributed by atoms with E-state index < -0.39 is 0 Å². The lowest BCUT2D eigenvalue weighted by Gasteiger charge is -2.24. The average Bonchev–Trinajstić information content (AvgIpc) is 2.96. The molecule has 2 nitrogen and oxygen atoms in total. The van der Waals surface area contributed by atoms with Gasteiger partial charge in [-0.15, -0.1) is 0 Å². The highest BCUT2D eigenvalue weighted by Crippen LogP contribution is 2.33. The Morgan fingerprint density at radius 2 is 2.15 bits per heavy atom. The van der Waals surface area contributed by atoms with E-state index in [1.165, 1.54) is 31.2 Å². The van der Waals surface area contributed by atoms with Crippen LogP contribution in [0.2, 0.25) is 5.02 Å². The maximum absolute atomic E-state index is 6.10. The molecule has 3 heteroatoms. The summed E-state index contributed by atoms with van der Waals surface area (Å²) in [6, 6.07) is 8.32. The van der Waals surface area contributed by atoms with E-state index in [-0.39, 0.29) is 0 Å². The SMILES string of the molecule is COCCNCC(Cc1cccc(Cl)c1)C1CCCC1. The number of benzene rings is 1. The summed E-state index contributed by atoms with van der Waals surface area (Å²) in [5.41, 5.74) is 1.36. The number of hydrogen-bond donors (Lipinski definition) is 1. The molecular formula is C17H26ClNO. The van der Waals surface area contributed by atoms with Crippen molar-refractivity contribution in [3.05, 3.63) is 34.9 Å². The summed E-state index contributed by atoms with van der Waals surface area (Å²) in [6.07, 6.45) is 6.70. The van der Waals surface area contributed by atoms with E-state index in [1.54, 1.807) is 7.11 Å². The van der Waals surface area contributed by atoms with Crippen LogP contribution in [0.25, 0.3) is 0 Å². The van der Waals surface area contributed by atoms with Crippen molar-refractivity contribution in [1.29, 1.82) is 0 Å². The molecule has 1 aromatic rings. The number of halogens is 1. The predicted molar refractivity (Wildman–Crippen MR) is 85.3 cm³/mol. The summed E-state index contributed by atoms with van der Waals surface area (Å²) in [5.74, 6) is 1.58. The highest BCUT2D eigenvalue weighted by Gasteiger charge is 2.24. The lowest BCUT2D eigenvalue weighted by atomic mass is 9.85. The molecule has 0 bridgehead atoms. The monoisotopic (exact) mass is 295 g/mol. The zero-order valence-electron chi connectivity index (χ0n) is 12.4. The fourth-order valence-electron chi connectivity index (χ4n) is 3.26. The van der Waals surface area contributed by atoms with Crippen LogP contribution in [0.4, 0.5) is 0 Å². The van der Waals surface area contributed by atoms with E-state index >= 15 is 0 Å². The van der Waals surface area contributed by atoms with Crippen molar-refractivity contribution in [1.82, 2.24) is 5.32 Å². The van der Waals surface area contributed by atoms with Crippen molar-refractivity contribution in [3.63, 3.8) is 0 Å². The van der Waals surface area contributed by atoms with E-state index in [0.29, 0.717) is 5.92 Å². The first kappa shape index (κ1) is 15.8. The maximum atomic E-state index is 6.10. The fourth-order valence-corrected chi connectivity index (χ4v) is 3.48. The molecule has 2 rings (SSSR count). The Bertz CT molecular complexity index is 390. The first-order chi connectivity index (χ1) is 9.79. The Labute approximate surface area is 127 Å². The topological polar surface area (TPSA) is 21.3 Å². The van der Waals surface area contributed by atoms with Gasteiger partial charge in [0.25, 0.3) is 0 Å². The Morgan fingerprint density at radius 3 is 2.85 bits per heavy atom. The van der Waals surface area contributed by atoms with Crippen molar-refractivity contribution >= 4 is 11.6 Å². The number of hydrogen-bond acceptors (Lipinski definition) is 2. The highest BCUT2D eigenvalue weighted by atomic mass is 35.5. The minimum Gasteiger partial charge on any atom is -0.383 e. The second-order valence-electron chi connectivity index (χ2n) is 5.84. The average molecular weight is 296 g/mol. The molecule has 1 aliphatic carbocycles. The van der Waals surface area contributed by atoms with Crippen molar-refractivity contribution in [2.45, 2.75) is 32.1 Å². The zero-order valence-corrected chi connectivity index (χ0v) is 13.2. The summed E-state index contributed by atoms with van der Waals surface area (Å²) >= 11 is 6.10. The van der Waals surface area contributed by atoms with Crippen LogP contribution < -0.4 is 5.32 Å². The van der Waals surface area contributed by atoms with E-state index in [1.807, 2.05) is 6.07 Å². The lowest BCUT2D eigenvalue weighted by Crippen LogP contribution is -2.31. The standard InChI is InChI=1S/C17H26ClNO/c1-20-10-9-19-13-16(15-6-2-3-7-15)11-14-5-4-8-17(18)12-14/h4-5,8,12,15-16,19H,2-3,6-7,9-11,13H2,1H3. The third-order valence-corrected chi connectivity index (χ3v) is 4.58. The molecule has 0 aromatic heterocycles. The van der Waals surface area contributed by atoms with Gasteiger partial charge in [-0.25, -0.2) is 0 Å². The summed E-state index contributed by atoms with van der Waals surface area (Å²) in [6.45, 7) is 2.81. The summed E-state index contributed by atoms with van der Waals surface area (Å²) in [7, 11) is 1.75. The van der Waals surface area contributed by atoms with E-state index in [4.69, 9.17) is 16.3 Å². The molecule has 20 heavy (non-hydrogen) atoms. The molecule has 1 aromatic carbocycles. The van der Waals surface area contributed by atoms with Crippen LogP contribution >= 0.6 is 11.6 Å². The van der Waals surface area contributed by atoms with Gasteiger partial charge in [0.2, 0.25) is 0 Å². The maximum Gasteiger partial charge on any atom is 0.0587 e. The molecule has 1 unspecified atom stereocenters. The largest absolute Gasteiger partial charge is 0.383 e. The van der Waals surface area contributed by atoms with Crippen LogP contribution in [-0.2, 0) is 11.2 Å². The van der Waals surface area contributed by atoms with Crippen LogP contribution in [0, 0.1) is 11.8 Å². The molecule has 0 radical (unpaired) electrons. The van der Waals surface area contributed by atoms with Crippen LogP contribution in [0.15, 0.2) is 24.3 Å². The fraction of sp³-hybridized carbons (Fsp3) is 0.647. The second-order valence-corrected chi connectivity index (χ2v) is 6.27. The molecule has 0 saturated heterocycles. The third-order valence-electron chi connectivity index (χ3n) is 4.34. The Morgan fingerprint density at radius 1 is 1.35 bits per heavy atom. The normalized spacial score (nSPS) is 17.5. The molecule has 0 spiro atoms. The lowest BCUT2D eigenvalue weighted by molar-refractivity contribution is 0.195. The Kier molecular flexibility index (Phi) is 6.85. The molecular weight excluding hydrogens is 270 g/mol. The number of nitrogens with one attached hydrogen (secondary N) is 1. The van der Waals surface area contributed by atoms with Gasteiger partial charge in [-0.3, -0.25) is 0 Å². The van der Waals surface area contributed by atoms with Gasteiger partial charge in [0.1, 0.15) is 0 Å². The van der Waals surface area contributed by atoms with Gasteiger partial charge < -0.3 is 10.1 Å². The zero-order chi connectivity index (χ0) is 14.2. The van der Waals surface area contributed by atoms with E-state index in [0.717, 1.165) is 37.1 Å². The van der Waals surface area contributed by atoms with Gasteiger partial charge in [-0.1, -0.05) is 49.4 Å². The van der Waals surface area contributed by atoms with Gasteiger partial charge in [-0.2, -0.15) is 0 Å². The van der Waals surface area contributed by atoms with Crippen molar-refractivity contribution < 1.29 is 4.74 Å². The van der Waals surface area contributed by atoms with Gasteiger partial charge in [0.05, 0.1) is 6.61 Å². The second kappa shape index (κ2) is 8.66. The highest BCUT2D eigenvalue weighted by molar-refractivity contribution is 6.30. The van der Waals surface area contributed by atoms with E-state index in [2.05, 4.69) is 23.5 Å². The van der Waals surface area contributed by atoms with Gasteiger partial charge in [0, 0.05) is 18.7 Å². The van der Waals surface area contributed by atoms with Crippen molar-refractivity contribution in [2.24, 2.45) is 11.8 Å². The summed E-state index contributed by atoms with van der Waals surface area (Å²) in [4.78, 5) is 0. The Balaban J connectivity index is 1.91. The molecule has 112 valence electrons. The molecule has 0 aliphatic heterocycles. The first-order valence-electron chi connectivity index (χ1n) is 7.73. The van der Waals surface area contributed by atoms with Crippen LogP contribution in [-0.4, -0.2) is 26.8 Å². The molecule has 0 heterocycles. The van der Waals surface area contributed by atoms with Gasteiger partial charge in [0.15, 0.2) is 0 Å².